The molecule has 204 valence electrons. The predicted molar refractivity (Wildman–Crippen MR) is 154 cm³/mol. The van der Waals surface area contributed by atoms with E-state index in [-0.39, 0.29) is 29.6 Å². The lowest BCUT2D eigenvalue weighted by Crippen LogP contribution is -2.53. The van der Waals surface area contributed by atoms with Crippen molar-refractivity contribution in [3.63, 3.8) is 0 Å². The number of thioether (sulfide) groups is 1. The van der Waals surface area contributed by atoms with E-state index in [1.807, 2.05) is 59.5 Å². The Morgan fingerprint density at radius 1 is 0.949 bits per heavy atom. The first-order valence-corrected chi connectivity index (χ1v) is 14.9. The molecule has 7 nitrogen and oxygen atoms in total. The summed E-state index contributed by atoms with van der Waals surface area (Å²) in [4.78, 5) is 48.0. The number of benzene rings is 2. The molecule has 2 aromatic carbocycles. The Morgan fingerprint density at radius 2 is 1.77 bits per heavy atom. The zero-order valence-electron chi connectivity index (χ0n) is 22.2. The summed E-state index contributed by atoms with van der Waals surface area (Å²) in [6.45, 7) is 4.09. The number of carbonyl (C=O) groups is 3. The van der Waals surface area contributed by atoms with Crippen molar-refractivity contribution in [2.75, 3.05) is 37.7 Å². The van der Waals surface area contributed by atoms with Gasteiger partial charge >= 0.3 is 0 Å². The van der Waals surface area contributed by atoms with Gasteiger partial charge in [0, 0.05) is 43.7 Å². The van der Waals surface area contributed by atoms with Gasteiger partial charge in [-0.1, -0.05) is 61.6 Å². The molecule has 0 aliphatic carbocycles. The molecule has 0 bridgehead atoms. The average Bonchev–Trinajstić information content (AvgIpc) is 3.25. The number of unbranched alkanes of at least 4 members (excludes halogenated alkanes) is 1. The maximum atomic E-state index is 14.5. The van der Waals surface area contributed by atoms with Crippen LogP contribution in [-0.2, 0) is 14.4 Å². The number of amides is 3. The molecule has 1 spiro atoms. The summed E-state index contributed by atoms with van der Waals surface area (Å²) < 4.78 is -0.816. The minimum absolute atomic E-state index is 0.0158. The summed E-state index contributed by atoms with van der Waals surface area (Å²) >= 11 is 1.62. The van der Waals surface area contributed by atoms with Gasteiger partial charge in [0.2, 0.25) is 11.8 Å². The quantitative estimate of drug-likeness (QED) is 0.425. The number of aliphatic hydroxyl groups excluding tert-OH is 1. The van der Waals surface area contributed by atoms with Crippen molar-refractivity contribution in [1.29, 1.82) is 0 Å². The van der Waals surface area contributed by atoms with Gasteiger partial charge in [-0.25, -0.2) is 0 Å². The Balaban J connectivity index is 1.42. The molecule has 0 aromatic heterocycles. The Morgan fingerprint density at radius 3 is 2.56 bits per heavy atom. The van der Waals surface area contributed by atoms with Gasteiger partial charge in [-0.3, -0.25) is 14.4 Å². The van der Waals surface area contributed by atoms with Crippen LogP contribution in [0.1, 0.15) is 26.2 Å². The molecule has 8 heteroatoms. The van der Waals surface area contributed by atoms with E-state index in [1.165, 1.54) is 0 Å². The normalized spacial score (nSPS) is 30.0. The Bertz CT molecular complexity index is 1360. The molecule has 4 aliphatic heterocycles. The van der Waals surface area contributed by atoms with Gasteiger partial charge in [-0.15, -0.1) is 11.8 Å². The summed E-state index contributed by atoms with van der Waals surface area (Å²) in [5.41, 5.74) is 0.800. The van der Waals surface area contributed by atoms with Crippen LogP contribution < -0.4 is 4.90 Å². The zero-order valence-corrected chi connectivity index (χ0v) is 23.1. The van der Waals surface area contributed by atoms with Gasteiger partial charge in [0.05, 0.1) is 16.6 Å². The van der Waals surface area contributed by atoms with Crippen LogP contribution in [0.15, 0.2) is 66.8 Å². The number of anilines is 1. The van der Waals surface area contributed by atoms with E-state index in [2.05, 4.69) is 19.1 Å². The van der Waals surface area contributed by atoms with Gasteiger partial charge in [-0.2, -0.15) is 0 Å². The molecular weight excluding hydrogens is 510 g/mol. The molecule has 1 unspecified atom stereocenters. The standard InChI is InChI=1S/C31H35N3O4S/c1-2-15-32-16-7-11-24-25(28(32)36)26-29(37)34(17-5-6-19-35)27-30(38)33(18-8-14-31(26,27)39-24)23-13-12-21-9-3-4-10-22(21)20-23/h3-4,7-14,20,24-27,35H,2,5-6,15-19H2,1H3/t24-,25+,26-,27?,31-/m0/s1. The number of rotatable bonds is 7. The predicted octanol–water partition coefficient (Wildman–Crippen LogP) is 3.62. The fourth-order valence-electron chi connectivity index (χ4n) is 6.87. The van der Waals surface area contributed by atoms with Crippen LogP contribution >= 0.6 is 11.8 Å². The minimum atomic E-state index is -0.816. The van der Waals surface area contributed by atoms with Crippen molar-refractivity contribution in [3.05, 3.63) is 66.8 Å². The number of likely N-dealkylation sites (tertiary alicyclic amines) is 1. The third-order valence-electron chi connectivity index (χ3n) is 8.59. The maximum absolute atomic E-state index is 14.5. The van der Waals surface area contributed by atoms with Crippen LogP contribution in [0.25, 0.3) is 10.8 Å². The fraction of sp³-hybridized carbons (Fsp3) is 0.452. The molecule has 4 heterocycles. The molecule has 1 N–H and O–H groups in total. The van der Waals surface area contributed by atoms with E-state index < -0.39 is 22.6 Å². The highest BCUT2D eigenvalue weighted by Gasteiger charge is 2.70. The molecule has 0 radical (unpaired) electrons. The average molecular weight is 546 g/mol. The monoisotopic (exact) mass is 545 g/mol. The molecule has 0 saturated carbocycles. The second kappa shape index (κ2) is 10.5. The molecule has 2 fully saturated rings. The van der Waals surface area contributed by atoms with Gasteiger partial charge in [0.1, 0.15) is 6.04 Å². The van der Waals surface area contributed by atoms with Crippen LogP contribution in [0.4, 0.5) is 5.69 Å². The smallest absolute Gasteiger partial charge is 0.251 e. The zero-order chi connectivity index (χ0) is 27.1. The SMILES string of the molecule is CCCN1CC=C[C@@H]2S[C@]34C=CCN(c5ccc6ccccc6c5)C(=O)C3N(CCCCO)C(=O)[C@@H]4[C@@H]2C1=O. The first-order chi connectivity index (χ1) is 19.0. The highest BCUT2D eigenvalue weighted by atomic mass is 32.2. The van der Waals surface area contributed by atoms with E-state index >= 15 is 0 Å². The van der Waals surface area contributed by atoms with Crippen molar-refractivity contribution in [1.82, 2.24) is 9.80 Å². The summed E-state index contributed by atoms with van der Waals surface area (Å²) in [7, 11) is 0. The molecule has 2 saturated heterocycles. The van der Waals surface area contributed by atoms with E-state index in [1.54, 1.807) is 21.6 Å². The topological polar surface area (TPSA) is 81.2 Å². The van der Waals surface area contributed by atoms with Crippen molar-refractivity contribution in [2.45, 2.75) is 42.2 Å². The van der Waals surface area contributed by atoms with Crippen molar-refractivity contribution in [3.8, 4) is 0 Å². The lowest BCUT2D eigenvalue weighted by molar-refractivity contribution is -0.142. The van der Waals surface area contributed by atoms with Gasteiger partial charge in [-0.05, 0) is 42.2 Å². The first kappa shape index (κ1) is 26.1. The van der Waals surface area contributed by atoms with Crippen LogP contribution in [0, 0.1) is 11.8 Å². The van der Waals surface area contributed by atoms with Crippen molar-refractivity contribution >= 4 is 45.9 Å². The molecule has 39 heavy (non-hydrogen) atoms. The fourth-order valence-corrected chi connectivity index (χ4v) is 8.88. The number of fused-ring (bicyclic) bond motifs is 3. The highest BCUT2D eigenvalue weighted by molar-refractivity contribution is 8.02. The summed E-state index contributed by atoms with van der Waals surface area (Å²) in [5, 5.41) is 11.4. The van der Waals surface area contributed by atoms with E-state index in [0.29, 0.717) is 39.0 Å². The van der Waals surface area contributed by atoms with Gasteiger partial charge in [0.25, 0.3) is 5.91 Å². The van der Waals surface area contributed by atoms with Crippen molar-refractivity contribution < 1.29 is 19.5 Å². The van der Waals surface area contributed by atoms with Gasteiger partial charge < -0.3 is 19.8 Å². The van der Waals surface area contributed by atoms with E-state index in [0.717, 1.165) is 22.9 Å². The first-order valence-electron chi connectivity index (χ1n) is 14.0. The van der Waals surface area contributed by atoms with Gasteiger partial charge in [0.15, 0.2) is 0 Å². The Kier molecular flexibility index (Phi) is 7.02. The van der Waals surface area contributed by atoms with Crippen LogP contribution in [0.2, 0.25) is 0 Å². The second-order valence-electron chi connectivity index (χ2n) is 10.9. The Hall–Kier alpha value is -3.10. The summed E-state index contributed by atoms with van der Waals surface area (Å²) in [6, 6.07) is 13.4. The molecule has 5 atom stereocenters. The van der Waals surface area contributed by atoms with Crippen LogP contribution in [0.5, 0.6) is 0 Å². The molecule has 2 aromatic rings. The molecule has 4 aliphatic rings. The summed E-state index contributed by atoms with van der Waals surface area (Å²) in [5.74, 6) is -1.31. The lowest BCUT2D eigenvalue weighted by atomic mass is 9.78. The van der Waals surface area contributed by atoms with E-state index in [4.69, 9.17) is 0 Å². The van der Waals surface area contributed by atoms with Crippen LogP contribution in [-0.4, -0.2) is 81.5 Å². The number of nitrogens with zero attached hydrogens (tertiary/aromatic N) is 3. The maximum Gasteiger partial charge on any atom is 0.251 e. The number of carbonyl (C=O) groups excluding carboxylic acids is 3. The van der Waals surface area contributed by atoms with Crippen LogP contribution in [0.3, 0.4) is 0 Å². The third-order valence-corrected chi connectivity index (χ3v) is 10.3. The van der Waals surface area contributed by atoms with Crippen molar-refractivity contribution in [2.24, 2.45) is 11.8 Å². The molecule has 6 rings (SSSR count). The third kappa shape index (κ3) is 4.19. The number of aliphatic hydroxyl groups is 1. The Labute approximate surface area is 233 Å². The highest BCUT2D eigenvalue weighted by Crippen LogP contribution is 2.61. The number of hydrogen-bond acceptors (Lipinski definition) is 5. The molecule has 3 amide bonds. The molecular formula is C31H35N3O4S. The lowest BCUT2D eigenvalue weighted by Gasteiger charge is -2.35. The summed E-state index contributed by atoms with van der Waals surface area (Å²) in [6.07, 6.45) is 10.2. The largest absolute Gasteiger partial charge is 0.396 e. The second-order valence-corrected chi connectivity index (χ2v) is 12.4. The minimum Gasteiger partial charge on any atom is -0.396 e. The van der Waals surface area contributed by atoms with E-state index in [9.17, 15) is 19.5 Å². The number of hydrogen-bond donors (Lipinski definition) is 1.